The van der Waals surface area contributed by atoms with Crippen LogP contribution in [0.15, 0.2) is 42.6 Å². The molecule has 0 spiro atoms. The topological polar surface area (TPSA) is 30.0 Å². The van der Waals surface area contributed by atoms with Crippen molar-refractivity contribution in [3.63, 3.8) is 0 Å². The summed E-state index contributed by atoms with van der Waals surface area (Å²) in [5.74, 6) is -1.69. The number of carbonyl (C=O) groups excluding carboxylic acids is 1. The SMILES string of the molecule is O=C(c1ccc(F)cc1)c1ncccc1F. The zero-order chi connectivity index (χ0) is 11.5. The second-order valence-corrected chi connectivity index (χ2v) is 3.17. The quantitative estimate of drug-likeness (QED) is 0.726. The summed E-state index contributed by atoms with van der Waals surface area (Å²) in [6.07, 6.45) is 1.33. The van der Waals surface area contributed by atoms with Crippen molar-refractivity contribution >= 4 is 5.78 Å². The number of hydrogen-bond acceptors (Lipinski definition) is 2. The molecular weight excluding hydrogens is 212 g/mol. The van der Waals surface area contributed by atoms with Crippen LogP contribution in [-0.2, 0) is 0 Å². The number of ketones is 1. The number of rotatable bonds is 2. The Hall–Kier alpha value is -2.10. The summed E-state index contributed by atoms with van der Waals surface area (Å²) in [5, 5.41) is 0. The Kier molecular flexibility index (Phi) is 2.72. The number of halogens is 2. The Balaban J connectivity index is 2.40. The number of nitrogens with zero attached hydrogens (tertiary/aromatic N) is 1. The van der Waals surface area contributed by atoms with Crippen LogP contribution in [0.2, 0.25) is 0 Å². The molecule has 0 radical (unpaired) electrons. The summed E-state index contributed by atoms with van der Waals surface area (Å²) in [6.45, 7) is 0. The van der Waals surface area contributed by atoms with Gasteiger partial charge in [-0.15, -0.1) is 0 Å². The van der Waals surface area contributed by atoms with Crippen LogP contribution < -0.4 is 0 Å². The van der Waals surface area contributed by atoms with Gasteiger partial charge in [0.25, 0.3) is 0 Å². The zero-order valence-electron chi connectivity index (χ0n) is 8.15. The molecule has 0 aliphatic carbocycles. The van der Waals surface area contributed by atoms with Gasteiger partial charge >= 0.3 is 0 Å². The second-order valence-electron chi connectivity index (χ2n) is 3.17. The van der Waals surface area contributed by atoms with Crippen molar-refractivity contribution in [2.75, 3.05) is 0 Å². The molecule has 1 heterocycles. The standard InChI is InChI=1S/C12H7F2NO/c13-9-5-3-8(4-6-9)12(16)11-10(14)2-1-7-15-11/h1-7H. The van der Waals surface area contributed by atoms with E-state index in [-0.39, 0.29) is 11.3 Å². The number of hydrogen-bond donors (Lipinski definition) is 0. The fourth-order valence-corrected chi connectivity index (χ4v) is 1.29. The summed E-state index contributed by atoms with van der Waals surface area (Å²) in [6, 6.07) is 7.44. The van der Waals surface area contributed by atoms with Gasteiger partial charge in [0.1, 0.15) is 11.5 Å². The lowest BCUT2D eigenvalue weighted by Crippen LogP contribution is -2.06. The molecule has 2 nitrogen and oxygen atoms in total. The molecule has 2 rings (SSSR count). The van der Waals surface area contributed by atoms with E-state index >= 15 is 0 Å². The molecule has 0 N–H and O–H groups in total. The Morgan fingerprint density at radius 3 is 2.38 bits per heavy atom. The Morgan fingerprint density at radius 1 is 1.06 bits per heavy atom. The Labute approximate surface area is 90.6 Å². The summed E-state index contributed by atoms with van der Waals surface area (Å²) in [7, 11) is 0. The molecular formula is C12H7F2NO. The van der Waals surface area contributed by atoms with E-state index in [0.717, 1.165) is 18.2 Å². The van der Waals surface area contributed by atoms with Gasteiger partial charge < -0.3 is 0 Å². The zero-order valence-corrected chi connectivity index (χ0v) is 8.15. The maximum absolute atomic E-state index is 13.2. The number of pyridine rings is 1. The largest absolute Gasteiger partial charge is 0.287 e. The van der Waals surface area contributed by atoms with Crippen molar-refractivity contribution in [3.8, 4) is 0 Å². The highest BCUT2D eigenvalue weighted by Crippen LogP contribution is 2.11. The molecule has 4 heteroatoms. The van der Waals surface area contributed by atoms with Gasteiger partial charge in [-0.1, -0.05) is 0 Å². The first-order valence-corrected chi connectivity index (χ1v) is 4.59. The summed E-state index contributed by atoms with van der Waals surface area (Å²) in [4.78, 5) is 15.4. The van der Waals surface area contributed by atoms with Crippen LogP contribution in [0.1, 0.15) is 16.1 Å². The second kappa shape index (κ2) is 4.18. The first-order chi connectivity index (χ1) is 7.68. The van der Waals surface area contributed by atoms with Crippen LogP contribution in [-0.4, -0.2) is 10.8 Å². The third kappa shape index (κ3) is 1.95. The molecule has 2 aromatic rings. The minimum Gasteiger partial charge on any atom is -0.287 e. The van der Waals surface area contributed by atoms with Crippen molar-refractivity contribution in [1.82, 2.24) is 4.98 Å². The molecule has 0 amide bonds. The number of aromatic nitrogens is 1. The molecule has 1 aromatic heterocycles. The van der Waals surface area contributed by atoms with Crippen LogP contribution in [0.5, 0.6) is 0 Å². The van der Waals surface area contributed by atoms with E-state index in [9.17, 15) is 13.6 Å². The fraction of sp³-hybridized carbons (Fsp3) is 0. The van der Waals surface area contributed by atoms with Crippen LogP contribution in [0.4, 0.5) is 8.78 Å². The maximum Gasteiger partial charge on any atom is 0.214 e. The lowest BCUT2D eigenvalue weighted by atomic mass is 10.1. The highest BCUT2D eigenvalue weighted by molar-refractivity contribution is 6.07. The molecule has 0 fully saturated rings. The normalized spacial score (nSPS) is 10.1. The third-order valence-corrected chi connectivity index (χ3v) is 2.08. The highest BCUT2D eigenvalue weighted by atomic mass is 19.1. The van der Waals surface area contributed by atoms with Gasteiger partial charge in [-0.3, -0.25) is 4.79 Å². The molecule has 1 aromatic carbocycles. The van der Waals surface area contributed by atoms with E-state index in [1.54, 1.807) is 0 Å². The Bertz CT molecular complexity index is 523. The minimum absolute atomic E-state index is 0.207. The fourth-order valence-electron chi connectivity index (χ4n) is 1.29. The highest BCUT2D eigenvalue weighted by Gasteiger charge is 2.14. The smallest absolute Gasteiger partial charge is 0.214 e. The molecule has 0 saturated carbocycles. The average Bonchev–Trinajstić information content (AvgIpc) is 2.30. The van der Waals surface area contributed by atoms with Crippen LogP contribution in [0, 0.1) is 11.6 Å². The van der Waals surface area contributed by atoms with Gasteiger partial charge in [0.2, 0.25) is 5.78 Å². The molecule has 0 bridgehead atoms. The van der Waals surface area contributed by atoms with Crippen molar-refractivity contribution in [2.45, 2.75) is 0 Å². The van der Waals surface area contributed by atoms with Crippen molar-refractivity contribution in [1.29, 1.82) is 0 Å². The van der Waals surface area contributed by atoms with Gasteiger partial charge in [0.05, 0.1) is 0 Å². The van der Waals surface area contributed by atoms with Crippen molar-refractivity contribution < 1.29 is 13.6 Å². The van der Waals surface area contributed by atoms with Crippen molar-refractivity contribution in [3.05, 3.63) is 65.5 Å². The summed E-state index contributed by atoms with van der Waals surface area (Å²) >= 11 is 0. The predicted molar refractivity (Wildman–Crippen MR) is 54.0 cm³/mol. The number of carbonyl (C=O) groups is 1. The molecule has 0 saturated heterocycles. The molecule has 80 valence electrons. The third-order valence-electron chi connectivity index (χ3n) is 2.08. The van der Waals surface area contributed by atoms with E-state index < -0.39 is 17.4 Å². The lowest BCUT2D eigenvalue weighted by Gasteiger charge is -2.00. The first-order valence-electron chi connectivity index (χ1n) is 4.59. The molecule has 0 atom stereocenters. The van der Waals surface area contributed by atoms with E-state index in [4.69, 9.17) is 0 Å². The first kappa shape index (κ1) is 10.4. The maximum atomic E-state index is 13.2. The van der Waals surface area contributed by atoms with Gasteiger partial charge in [0, 0.05) is 11.8 Å². The average molecular weight is 219 g/mol. The molecule has 16 heavy (non-hydrogen) atoms. The van der Waals surface area contributed by atoms with Gasteiger partial charge in [-0.25, -0.2) is 13.8 Å². The minimum atomic E-state index is -0.683. The molecule has 0 unspecified atom stereocenters. The summed E-state index contributed by atoms with van der Waals surface area (Å²) < 4.78 is 25.9. The lowest BCUT2D eigenvalue weighted by molar-refractivity contribution is 0.103. The van der Waals surface area contributed by atoms with Crippen LogP contribution >= 0.6 is 0 Å². The molecule has 0 aliphatic heterocycles. The predicted octanol–water partition coefficient (Wildman–Crippen LogP) is 2.59. The van der Waals surface area contributed by atoms with E-state index in [2.05, 4.69) is 4.98 Å². The molecule has 0 aliphatic rings. The monoisotopic (exact) mass is 219 g/mol. The van der Waals surface area contributed by atoms with Crippen molar-refractivity contribution in [2.24, 2.45) is 0 Å². The van der Waals surface area contributed by atoms with Crippen LogP contribution in [0.3, 0.4) is 0 Å². The van der Waals surface area contributed by atoms with E-state index in [0.29, 0.717) is 0 Å². The van der Waals surface area contributed by atoms with E-state index in [1.807, 2.05) is 0 Å². The van der Waals surface area contributed by atoms with Gasteiger partial charge in [-0.2, -0.15) is 0 Å². The van der Waals surface area contributed by atoms with Gasteiger partial charge in [-0.05, 0) is 36.4 Å². The number of benzene rings is 1. The summed E-state index contributed by atoms with van der Waals surface area (Å²) in [5.41, 5.74) is -0.0480. The van der Waals surface area contributed by atoms with Crippen LogP contribution in [0.25, 0.3) is 0 Å². The Morgan fingerprint density at radius 2 is 1.75 bits per heavy atom. The van der Waals surface area contributed by atoms with E-state index in [1.165, 1.54) is 24.4 Å². The van der Waals surface area contributed by atoms with Gasteiger partial charge in [0.15, 0.2) is 5.82 Å².